The quantitative estimate of drug-likeness (QED) is 0.533. The van der Waals surface area contributed by atoms with Gasteiger partial charge in [0.2, 0.25) is 0 Å². The van der Waals surface area contributed by atoms with Crippen LogP contribution in [0.3, 0.4) is 0 Å². The molecule has 0 heterocycles. The number of hydrogen-bond donors (Lipinski definition) is 0. The summed E-state index contributed by atoms with van der Waals surface area (Å²) in [7, 11) is 10.8. The normalized spacial score (nSPS) is 8.00. The van der Waals surface area contributed by atoms with Gasteiger partial charge in [0.15, 0.2) is 0 Å². The van der Waals surface area contributed by atoms with Crippen LogP contribution in [0.4, 0.5) is 0 Å². The first-order chi connectivity index (χ1) is 3.83. The van der Waals surface area contributed by atoms with Crippen molar-refractivity contribution in [3.8, 4) is 0 Å². The molecular formula is C4H11Cl2PPd. The minimum atomic E-state index is -0.106. The van der Waals surface area contributed by atoms with Gasteiger partial charge in [0, 0.05) is 0 Å². The Kier molecular flexibility index (Phi) is 24.5. The summed E-state index contributed by atoms with van der Waals surface area (Å²) in [5, 5.41) is 0. The molecule has 0 aliphatic rings. The van der Waals surface area contributed by atoms with Crippen LogP contribution >= 0.6 is 27.6 Å². The molecule has 0 aliphatic heterocycles. The van der Waals surface area contributed by atoms with Gasteiger partial charge in [-0.15, -0.1) is 8.58 Å². The van der Waals surface area contributed by atoms with Crippen molar-refractivity contribution in [1.82, 2.24) is 0 Å². The van der Waals surface area contributed by atoms with E-state index in [0.717, 1.165) is 0 Å². The van der Waals surface area contributed by atoms with Crippen molar-refractivity contribution in [3.63, 3.8) is 0 Å². The van der Waals surface area contributed by atoms with E-state index in [-0.39, 0.29) is 15.9 Å². The van der Waals surface area contributed by atoms with E-state index in [9.17, 15) is 0 Å². The monoisotopic (exact) mass is 266 g/mol. The Hall–Kier alpha value is 1.67. The van der Waals surface area contributed by atoms with E-state index in [1.54, 1.807) is 0 Å². The fourth-order valence-corrected chi connectivity index (χ4v) is 0.750. The minimum absolute atomic E-state index is 0.106. The molecular weight excluding hydrogens is 256 g/mol. The fourth-order valence-electron chi connectivity index (χ4n) is 0.250. The molecule has 0 fully saturated rings. The van der Waals surface area contributed by atoms with E-state index in [1.165, 1.54) is 20.9 Å². The third kappa shape index (κ3) is 25.3. The topological polar surface area (TPSA) is 0 Å². The molecule has 0 bridgehead atoms. The summed E-state index contributed by atoms with van der Waals surface area (Å²) in [4.78, 5) is 0. The molecule has 0 aromatic rings. The standard InChI is InChI=1S/C4H11P.2ClH.Pd/c1-3-5-4-2;;;/h5H,3-4H2,1-2H3;2*1H;/q;;;+2/p-2. The molecule has 0 aromatic carbocycles. The zero-order valence-corrected chi connectivity index (χ0v) is 9.05. The third-order valence-electron chi connectivity index (χ3n) is 0.500. The van der Waals surface area contributed by atoms with Crippen molar-refractivity contribution in [2.45, 2.75) is 13.8 Å². The van der Waals surface area contributed by atoms with Crippen molar-refractivity contribution < 1.29 is 15.9 Å². The summed E-state index contributed by atoms with van der Waals surface area (Å²) < 4.78 is 0. The Morgan fingerprint density at radius 1 is 1.25 bits per heavy atom. The van der Waals surface area contributed by atoms with Crippen LogP contribution in [-0.4, -0.2) is 12.3 Å². The van der Waals surface area contributed by atoms with Crippen LogP contribution in [-0.2, 0) is 15.9 Å². The third-order valence-corrected chi connectivity index (χ3v) is 1.50. The van der Waals surface area contributed by atoms with E-state index in [4.69, 9.17) is 19.1 Å². The van der Waals surface area contributed by atoms with Crippen LogP contribution in [0, 0.1) is 0 Å². The summed E-state index contributed by atoms with van der Waals surface area (Å²) in [6.07, 6.45) is 2.74. The van der Waals surface area contributed by atoms with Crippen LogP contribution in [0.1, 0.15) is 13.8 Å². The average Bonchev–Trinajstić information content (AvgIpc) is 1.71. The molecule has 0 unspecified atom stereocenters. The summed E-state index contributed by atoms with van der Waals surface area (Å²) in [5.41, 5.74) is 0. The van der Waals surface area contributed by atoms with Crippen LogP contribution in [0.25, 0.3) is 0 Å². The molecule has 0 spiro atoms. The zero-order chi connectivity index (χ0) is 6.83. The van der Waals surface area contributed by atoms with Crippen molar-refractivity contribution >= 4 is 27.6 Å². The summed E-state index contributed by atoms with van der Waals surface area (Å²) in [6.45, 7) is 4.45. The van der Waals surface area contributed by atoms with Gasteiger partial charge in [0.1, 0.15) is 0 Å². The molecule has 0 atom stereocenters. The van der Waals surface area contributed by atoms with Gasteiger partial charge in [-0.2, -0.15) is 0 Å². The van der Waals surface area contributed by atoms with Crippen LogP contribution in [0.15, 0.2) is 0 Å². The Morgan fingerprint density at radius 3 is 1.50 bits per heavy atom. The SMILES string of the molecule is CCPCC.[Cl][Pd][Cl]. The van der Waals surface area contributed by atoms with Gasteiger partial charge in [-0.1, -0.05) is 13.8 Å². The summed E-state index contributed by atoms with van der Waals surface area (Å²) in [5.74, 6) is 0. The van der Waals surface area contributed by atoms with Crippen molar-refractivity contribution in [2.75, 3.05) is 12.3 Å². The van der Waals surface area contributed by atoms with E-state index in [1.807, 2.05) is 0 Å². The van der Waals surface area contributed by atoms with Crippen molar-refractivity contribution in [2.24, 2.45) is 0 Å². The first kappa shape index (κ1) is 12.4. The zero-order valence-electron chi connectivity index (χ0n) is 4.99. The molecule has 8 heavy (non-hydrogen) atoms. The predicted molar refractivity (Wildman–Crippen MR) is 41.1 cm³/mol. The van der Waals surface area contributed by atoms with E-state index in [0.29, 0.717) is 0 Å². The van der Waals surface area contributed by atoms with Crippen molar-refractivity contribution in [3.05, 3.63) is 0 Å². The van der Waals surface area contributed by atoms with E-state index in [2.05, 4.69) is 13.8 Å². The Balaban J connectivity index is 0. The molecule has 4 heteroatoms. The first-order valence-electron chi connectivity index (χ1n) is 2.36. The Morgan fingerprint density at radius 2 is 1.50 bits per heavy atom. The molecule has 0 aliphatic carbocycles. The average molecular weight is 267 g/mol. The molecule has 0 radical (unpaired) electrons. The van der Waals surface area contributed by atoms with Gasteiger partial charge in [0.25, 0.3) is 0 Å². The Labute approximate surface area is 69.6 Å². The summed E-state index contributed by atoms with van der Waals surface area (Å²) in [6, 6.07) is 0. The second-order valence-electron chi connectivity index (χ2n) is 1.00. The van der Waals surface area contributed by atoms with Gasteiger partial charge in [-0.05, 0) is 12.3 Å². The number of halogens is 2. The summed E-state index contributed by atoms with van der Waals surface area (Å²) >= 11 is -0.106. The second-order valence-corrected chi connectivity index (χ2v) is 5.28. The van der Waals surface area contributed by atoms with E-state index < -0.39 is 0 Å². The van der Waals surface area contributed by atoms with Gasteiger partial charge in [-0.25, -0.2) is 0 Å². The molecule has 0 rings (SSSR count). The van der Waals surface area contributed by atoms with Crippen LogP contribution in [0.5, 0.6) is 0 Å². The van der Waals surface area contributed by atoms with Gasteiger partial charge in [0.05, 0.1) is 0 Å². The molecule has 0 nitrogen and oxygen atoms in total. The van der Waals surface area contributed by atoms with E-state index >= 15 is 0 Å². The van der Waals surface area contributed by atoms with Crippen LogP contribution in [0.2, 0.25) is 0 Å². The second kappa shape index (κ2) is 15.9. The van der Waals surface area contributed by atoms with Crippen molar-refractivity contribution in [1.29, 1.82) is 0 Å². The predicted octanol–water partition coefficient (Wildman–Crippen LogP) is 3.08. The molecule has 0 N–H and O–H groups in total. The fraction of sp³-hybridized carbons (Fsp3) is 1.00. The van der Waals surface area contributed by atoms with Gasteiger partial charge >= 0.3 is 35.0 Å². The number of rotatable bonds is 2. The molecule has 0 amide bonds. The Bertz CT molecular complexity index is 28.0. The molecule has 0 saturated carbocycles. The van der Waals surface area contributed by atoms with Crippen LogP contribution < -0.4 is 0 Å². The molecule has 0 aromatic heterocycles. The maximum absolute atomic E-state index is 4.81. The molecule has 0 saturated heterocycles. The first-order valence-corrected chi connectivity index (χ1v) is 7.78. The van der Waals surface area contributed by atoms with Gasteiger partial charge < -0.3 is 0 Å². The maximum atomic E-state index is 4.81. The van der Waals surface area contributed by atoms with Gasteiger partial charge in [-0.3, -0.25) is 0 Å². The number of hydrogen-bond acceptors (Lipinski definition) is 0. The molecule has 56 valence electrons.